The van der Waals surface area contributed by atoms with Crippen LogP contribution in [0, 0.1) is 29.1 Å². The van der Waals surface area contributed by atoms with E-state index in [1.807, 2.05) is 6.92 Å². The van der Waals surface area contributed by atoms with Gasteiger partial charge in [-0.05, 0) is 88.0 Å². The molecule has 5 fully saturated rings. The van der Waals surface area contributed by atoms with Crippen molar-refractivity contribution >= 4 is 5.97 Å². The van der Waals surface area contributed by atoms with Gasteiger partial charge >= 0.3 is 5.97 Å². The van der Waals surface area contributed by atoms with Crippen LogP contribution in [-0.4, -0.2) is 61.5 Å². The number of aliphatic hydroxyl groups is 1. The lowest BCUT2D eigenvalue weighted by molar-refractivity contribution is -0.150. The van der Waals surface area contributed by atoms with Crippen LogP contribution in [0.25, 0.3) is 0 Å². The lowest BCUT2D eigenvalue weighted by Gasteiger charge is -2.56. The molecular weight excluding hydrogens is 342 g/mol. The van der Waals surface area contributed by atoms with Crippen molar-refractivity contribution in [2.75, 3.05) is 39.5 Å². The van der Waals surface area contributed by atoms with Crippen molar-refractivity contribution < 1.29 is 19.4 Å². The van der Waals surface area contributed by atoms with Crippen molar-refractivity contribution in [2.45, 2.75) is 64.4 Å². The normalized spacial score (nSPS) is 39.5. The molecule has 0 aromatic carbocycles. The molecule has 4 saturated carbocycles. The first-order valence-corrected chi connectivity index (χ1v) is 11.2. The Hall–Kier alpha value is -0.650. The Morgan fingerprint density at radius 3 is 2.48 bits per heavy atom. The largest absolute Gasteiger partial charge is 0.466 e. The Balaban J connectivity index is 1.19. The summed E-state index contributed by atoms with van der Waals surface area (Å²) in [6, 6.07) is 0. The molecule has 0 unspecified atom stereocenters. The molecule has 0 amide bonds. The van der Waals surface area contributed by atoms with Gasteiger partial charge in [0.05, 0.1) is 31.8 Å². The van der Waals surface area contributed by atoms with E-state index >= 15 is 0 Å². The molecule has 5 heteroatoms. The predicted molar refractivity (Wildman–Crippen MR) is 103 cm³/mol. The third-order valence-electron chi connectivity index (χ3n) is 7.48. The van der Waals surface area contributed by atoms with E-state index in [0.717, 1.165) is 43.7 Å². The maximum atomic E-state index is 12.0. The molecule has 5 nitrogen and oxygen atoms in total. The molecule has 1 aliphatic heterocycles. The number of carbonyl (C=O) groups excluding carboxylic acids is 1. The number of piperidine rings is 1. The van der Waals surface area contributed by atoms with E-state index in [9.17, 15) is 9.90 Å². The van der Waals surface area contributed by atoms with Crippen LogP contribution in [0.3, 0.4) is 0 Å². The van der Waals surface area contributed by atoms with Gasteiger partial charge in [0.2, 0.25) is 0 Å². The first-order chi connectivity index (χ1) is 13.0. The number of aliphatic hydroxyl groups excluding tert-OH is 1. The Kier molecular flexibility index (Phi) is 6.10. The zero-order valence-electron chi connectivity index (χ0n) is 16.9. The molecule has 27 heavy (non-hydrogen) atoms. The summed E-state index contributed by atoms with van der Waals surface area (Å²) in [4.78, 5) is 14.2. The Morgan fingerprint density at radius 2 is 1.85 bits per heavy atom. The number of likely N-dealkylation sites (tertiary alicyclic amines) is 1. The fourth-order valence-electron chi connectivity index (χ4n) is 6.90. The Bertz CT molecular complexity index is 487. The van der Waals surface area contributed by atoms with Crippen LogP contribution < -0.4 is 0 Å². The molecule has 0 spiro atoms. The second-order valence-corrected chi connectivity index (χ2v) is 9.94. The van der Waals surface area contributed by atoms with E-state index in [2.05, 4.69) is 4.90 Å². The minimum absolute atomic E-state index is 0.0427. The number of ether oxygens (including phenoxy) is 2. The number of rotatable bonds is 8. The lowest BCUT2D eigenvalue weighted by Crippen LogP contribution is -2.48. The average Bonchev–Trinajstić information content (AvgIpc) is 2.61. The van der Waals surface area contributed by atoms with E-state index in [1.54, 1.807) is 0 Å². The summed E-state index contributed by atoms with van der Waals surface area (Å²) in [5.74, 6) is 2.70. The molecule has 0 radical (unpaired) electrons. The van der Waals surface area contributed by atoms with Crippen molar-refractivity contribution in [3.8, 4) is 0 Å². The van der Waals surface area contributed by atoms with Crippen LogP contribution in [0.2, 0.25) is 0 Å². The monoisotopic (exact) mass is 379 g/mol. The van der Waals surface area contributed by atoms with Crippen molar-refractivity contribution in [1.82, 2.24) is 4.90 Å². The maximum Gasteiger partial charge on any atom is 0.310 e. The third-order valence-corrected chi connectivity index (χ3v) is 7.48. The number of esters is 1. The quantitative estimate of drug-likeness (QED) is 0.657. The van der Waals surface area contributed by atoms with E-state index < -0.39 is 6.10 Å². The Labute approximate surface area is 163 Å². The van der Waals surface area contributed by atoms with Crippen molar-refractivity contribution in [2.24, 2.45) is 29.1 Å². The number of hydrogen-bond donors (Lipinski definition) is 1. The summed E-state index contributed by atoms with van der Waals surface area (Å²) in [5, 5.41) is 10.5. The highest BCUT2D eigenvalue weighted by atomic mass is 16.5. The Morgan fingerprint density at radius 1 is 1.19 bits per heavy atom. The highest BCUT2D eigenvalue weighted by Gasteiger charge is 2.50. The number of carbonyl (C=O) groups is 1. The van der Waals surface area contributed by atoms with Gasteiger partial charge in [-0.3, -0.25) is 9.69 Å². The van der Waals surface area contributed by atoms with E-state index in [4.69, 9.17) is 9.47 Å². The first kappa shape index (κ1) is 19.7. The van der Waals surface area contributed by atoms with E-state index in [1.165, 1.54) is 38.5 Å². The average molecular weight is 380 g/mol. The van der Waals surface area contributed by atoms with Crippen LogP contribution in [0.15, 0.2) is 0 Å². The topological polar surface area (TPSA) is 59.0 Å². The second-order valence-electron chi connectivity index (χ2n) is 9.94. The minimum atomic E-state index is -0.472. The smallest absolute Gasteiger partial charge is 0.310 e. The van der Waals surface area contributed by atoms with Gasteiger partial charge in [-0.2, -0.15) is 0 Å². The molecule has 0 aromatic rings. The summed E-state index contributed by atoms with van der Waals surface area (Å²) in [6.07, 6.45) is 9.83. The molecular formula is C22H37NO4. The molecule has 0 aromatic heterocycles. The fourth-order valence-corrected chi connectivity index (χ4v) is 6.90. The van der Waals surface area contributed by atoms with Crippen molar-refractivity contribution in [3.05, 3.63) is 0 Å². The molecule has 1 saturated heterocycles. The predicted octanol–water partition coefficient (Wildman–Crippen LogP) is 2.86. The van der Waals surface area contributed by atoms with Crippen molar-refractivity contribution in [1.29, 1.82) is 0 Å². The van der Waals surface area contributed by atoms with Gasteiger partial charge in [0.1, 0.15) is 0 Å². The van der Waals surface area contributed by atoms with Crippen LogP contribution >= 0.6 is 0 Å². The molecule has 5 rings (SSSR count). The van der Waals surface area contributed by atoms with Gasteiger partial charge in [-0.25, -0.2) is 0 Å². The van der Waals surface area contributed by atoms with Crippen molar-refractivity contribution in [3.63, 3.8) is 0 Å². The third kappa shape index (κ3) is 4.68. The molecule has 4 bridgehead atoms. The molecule has 1 N–H and O–H groups in total. The minimum Gasteiger partial charge on any atom is -0.466 e. The SMILES string of the molecule is CCOC(=O)[C@H]1CCCN(C[C@H](O)COCC23CC4CC(CC(C4)C2)C3)C1. The zero-order valence-corrected chi connectivity index (χ0v) is 16.9. The summed E-state index contributed by atoms with van der Waals surface area (Å²) in [6.45, 7) is 5.78. The molecule has 5 aliphatic rings. The summed E-state index contributed by atoms with van der Waals surface area (Å²) in [5.41, 5.74) is 0.411. The highest BCUT2D eigenvalue weighted by molar-refractivity contribution is 5.72. The summed E-state index contributed by atoms with van der Waals surface area (Å²) in [7, 11) is 0. The number of hydrogen-bond acceptors (Lipinski definition) is 5. The summed E-state index contributed by atoms with van der Waals surface area (Å²) < 4.78 is 11.2. The maximum absolute atomic E-state index is 12.0. The molecule has 1 heterocycles. The highest BCUT2D eigenvalue weighted by Crippen LogP contribution is 2.60. The van der Waals surface area contributed by atoms with Crippen LogP contribution in [0.5, 0.6) is 0 Å². The molecule has 4 aliphatic carbocycles. The van der Waals surface area contributed by atoms with Crippen LogP contribution in [0.1, 0.15) is 58.3 Å². The lowest BCUT2D eigenvalue weighted by atomic mass is 9.50. The number of β-amino-alcohol motifs (C(OH)–C–C–N with tert-alkyl or cyclic N) is 1. The van der Waals surface area contributed by atoms with Gasteiger partial charge < -0.3 is 14.6 Å². The number of nitrogens with zero attached hydrogens (tertiary/aromatic N) is 1. The molecule has 2 atom stereocenters. The van der Waals surface area contributed by atoms with E-state index in [0.29, 0.717) is 31.7 Å². The zero-order chi connectivity index (χ0) is 18.9. The van der Waals surface area contributed by atoms with Gasteiger partial charge in [-0.15, -0.1) is 0 Å². The first-order valence-electron chi connectivity index (χ1n) is 11.2. The van der Waals surface area contributed by atoms with E-state index in [-0.39, 0.29) is 11.9 Å². The summed E-state index contributed by atoms with van der Waals surface area (Å²) >= 11 is 0. The van der Waals surface area contributed by atoms with Gasteiger partial charge in [0, 0.05) is 13.1 Å². The molecule has 154 valence electrons. The van der Waals surface area contributed by atoms with Crippen LogP contribution in [0.4, 0.5) is 0 Å². The van der Waals surface area contributed by atoms with Gasteiger partial charge in [0.15, 0.2) is 0 Å². The van der Waals surface area contributed by atoms with Crippen LogP contribution in [-0.2, 0) is 14.3 Å². The fraction of sp³-hybridized carbons (Fsp3) is 0.955. The second kappa shape index (κ2) is 8.38. The standard InChI is InChI=1S/C22H37NO4/c1-2-27-21(25)19-4-3-5-23(12-19)13-20(24)14-26-15-22-9-16-6-17(10-22)8-18(7-16)11-22/h16-20,24H,2-15H2,1H3/t16?,17?,18?,19-,20-,22?/m0/s1. The van der Waals surface area contributed by atoms with Gasteiger partial charge in [0.25, 0.3) is 0 Å². The van der Waals surface area contributed by atoms with Gasteiger partial charge in [-0.1, -0.05) is 0 Å².